The van der Waals surface area contributed by atoms with Crippen LogP contribution >= 0.6 is 11.8 Å². The zero-order valence-electron chi connectivity index (χ0n) is 17.0. The van der Waals surface area contributed by atoms with Gasteiger partial charge in [-0.3, -0.25) is 19.2 Å². The zero-order valence-corrected chi connectivity index (χ0v) is 17.8. The quantitative estimate of drug-likeness (QED) is 0.121. The molecule has 0 spiro atoms. The van der Waals surface area contributed by atoms with Gasteiger partial charge in [0.2, 0.25) is 23.6 Å². The summed E-state index contributed by atoms with van der Waals surface area (Å²) >= 11 is 1.44. The molecule has 0 saturated carbocycles. The molecule has 3 unspecified atom stereocenters. The molecule has 172 valence electrons. The number of hydrogen-bond donors (Lipinski definition) is 7. The van der Waals surface area contributed by atoms with Gasteiger partial charge in [0.25, 0.3) is 0 Å². The molecule has 0 rings (SSSR count). The number of amides is 4. The van der Waals surface area contributed by atoms with Gasteiger partial charge < -0.3 is 38.3 Å². The SMILES string of the molecule is CSCCC(NC(=O)CNC(=O)C(CCCCN)NC(=O)C(N)CC(N)=O)C(=O)O. The molecule has 0 fully saturated rings. The molecule has 0 saturated heterocycles. The van der Waals surface area contributed by atoms with E-state index in [9.17, 15) is 24.0 Å². The predicted octanol–water partition coefficient (Wildman–Crippen LogP) is -2.76. The Morgan fingerprint density at radius 2 is 1.67 bits per heavy atom. The number of thioether (sulfide) groups is 1. The summed E-state index contributed by atoms with van der Waals surface area (Å²) in [4.78, 5) is 58.6. The van der Waals surface area contributed by atoms with E-state index in [1.54, 1.807) is 0 Å². The first kappa shape index (κ1) is 27.6. The van der Waals surface area contributed by atoms with Crippen LogP contribution in [0.4, 0.5) is 0 Å². The molecule has 0 aromatic carbocycles. The number of unbranched alkanes of at least 4 members (excludes halogenated alkanes) is 1. The van der Waals surface area contributed by atoms with Crippen molar-refractivity contribution >= 4 is 41.4 Å². The third-order valence-electron chi connectivity index (χ3n) is 4.00. The molecular formula is C17H32N6O6S. The smallest absolute Gasteiger partial charge is 0.326 e. The fourth-order valence-corrected chi connectivity index (χ4v) is 2.85. The van der Waals surface area contributed by atoms with E-state index in [-0.39, 0.29) is 19.3 Å². The van der Waals surface area contributed by atoms with Crippen LogP contribution in [0.25, 0.3) is 0 Å². The van der Waals surface area contributed by atoms with Crippen molar-refractivity contribution in [3.8, 4) is 0 Å². The van der Waals surface area contributed by atoms with Crippen molar-refractivity contribution < 1.29 is 29.1 Å². The summed E-state index contributed by atoms with van der Waals surface area (Å²) in [5.41, 5.74) is 16.0. The van der Waals surface area contributed by atoms with E-state index in [0.29, 0.717) is 25.1 Å². The normalized spacial score (nSPS) is 13.6. The first-order chi connectivity index (χ1) is 14.1. The number of carbonyl (C=O) groups excluding carboxylic acids is 4. The number of aliphatic carboxylic acids is 1. The molecule has 12 nitrogen and oxygen atoms in total. The molecule has 3 atom stereocenters. The van der Waals surface area contributed by atoms with Crippen molar-refractivity contribution in [2.45, 2.75) is 50.2 Å². The van der Waals surface area contributed by atoms with Crippen LogP contribution in [0.2, 0.25) is 0 Å². The fourth-order valence-electron chi connectivity index (χ4n) is 2.38. The van der Waals surface area contributed by atoms with Gasteiger partial charge in [0.15, 0.2) is 0 Å². The Kier molecular flexibility index (Phi) is 14.2. The minimum absolute atomic E-state index is 0.241. The average Bonchev–Trinajstić information content (AvgIpc) is 2.67. The highest BCUT2D eigenvalue weighted by Crippen LogP contribution is 2.03. The maximum absolute atomic E-state index is 12.4. The summed E-state index contributed by atoms with van der Waals surface area (Å²) in [6.07, 6.45) is 3.06. The third kappa shape index (κ3) is 12.2. The number of nitrogens with one attached hydrogen (secondary N) is 3. The standard InChI is InChI=1S/C17H32N6O6S/c1-30-7-5-12(17(28)29)22-14(25)9-21-16(27)11(4-2-3-6-18)23-15(26)10(19)8-13(20)24/h10-12H,2-9,18-19H2,1H3,(H2,20,24)(H,21,27)(H,22,25)(H,23,26)(H,28,29). The summed E-state index contributed by atoms with van der Waals surface area (Å²) in [5.74, 6) is -3.42. The number of nitrogens with two attached hydrogens (primary N) is 3. The van der Waals surface area contributed by atoms with Crippen LogP contribution in [-0.2, 0) is 24.0 Å². The first-order valence-corrected chi connectivity index (χ1v) is 10.8. The molecule has 0 aliphatic carbocycles. The van der Waals surface area contributed by atoms with E-state index in [1.165, 1.54) is 11.8 Å². The summed E-state index contributed by atoms with van der Waals surface area (Å²) in [6, 6.07) is -3.26. The molecule has 13 heteroatoms. The molecule has 0 aliphatic heterocycles. The van der Waals surface area contributed by atoms with E-state index in [4.69, 9.17) is 22.3 Å². The molecule has 0 radical (unpaired) electrons. The first-order valence-electron chi connectivity index (χ1n) is 9.45. The van der Waals surface area contributed by atoms with E-state index >= 15 is 0 Å². The third-order valence-corrected chi connectivity index (χ3v) is 4.65. The second-order valence-corrected chi connectivity index (χ2v) is 7.57. The zero-order chi connectivity index (χ0) is 23.1. The van der Waals surface area contributed by atoms with Crippen LogP contribution in [0.1, 0.15) is 32.1 Å². The minimum atomic E-state index is -1.21. The Balaban J connectivity index is 4.82. The Morgan fingerprint density at radius 3 is 2.20 bits per heavy atom. The summed E-state index contributed by atoms with van der Waals surface area (Å²) in [6.45, 7) is -0.0585. The Labute approximate surface area is 179 Å². The maximum Gasteiger partial charge on any atom is 0.326 e. The maximum atomic E-state index is 12.4. The number of carbonyl (C=O) groups is 5. The molecule has 0 aromatic heterocycles. The average molecular weight is 449 g/mol. The Hall–Kier alpha value is -2.38. The van der Waals surface area contributed by atoms with E-state index in [1.807, 2.05) is 6.26 Å². The van der Waals surface area contributed by atoms with Crippen molar-refractivity contribution in [2.75, 3.05) is 25.1 Å². The molecule has 30 heavy (non-hydrogen) atoms. The van der Waals surface area contributed by atoms with Gasteiger partial charge in [0, 0.05) is 0 Å². The van der Waals surface area contributed by atoms with Crippen LogP contribution in [-0.4, -0.2) is 77.9 Å². The predicted molar refractivity (Wildman–Crippen MR) is 112 cm³/mol. The minimum Gasteiger partial charge on any atom is -0.480 e. The molecule has 0 bridgehead atoms. The van der Waals surface area contributed by atoms with Crippen molar-refractivity contribution in [3.05, 3.63) is 0 Å². The highest BCUT2D eigenvalue weighted by Gasteiger charge is 2.25. The van der Waals surface area contributed by atoms with Crippen molar-refractivity contribution in [1.82, 2.24) is 16.0 Å². The van der Waals surface area contributed by atoms with Gasteiger partial charge in [-0.15, -0.1) is 0 Å². The summed E-state index contributed by atoms with van der Waals surface area (Å²) < 4.78 is 0. The van der Waals surface area contributed by atoms with E-state index < -0.39 is 54.3 Å². The van der Waals surface area contributed by atoms with Gasteiger partial charge in [0.1, 0.15) is 12.1 Å². The van der Waals surface area contributed by atoms with Crippen molar-refractivity contribution in [2.24, 2.45) is 17.2 Å². The topological polar surface area (TPSA) is 220 Å². The lowest BCUT2D eigenvalue weighted by atomic mass is 10.1. The molecule has 4 amide bonds. The lowest BCUT2D eigenvalue weighted by Crippen LogP contribution is -2.54. The fraction of sp³-hybridized carbons (Fsp3) is 0.706. The molecule has 0 aliphatic rings. The van der Waals surface area contributed by atoms with Gasteiger partial charge in [-0.25, -0.2) is 4.79 Å². The number of carboxylic acid groups (broad SMARTS) is 1. The van der Waals surface area contributed by atoms with Gasteiger partial charge >= 0.3 is 5.97 Å². The second kappa shape index (κ2) is 15.5. The lowest BCUT2D eigenvalue weighted by molar-refractivity contribution is -0.141. The monoisotopic (exact) mass is 448 g/mol. The van der Waals surface area contributed by atoms with E-state index in [0.717, 1.165) is 0 Å². The highest BCUT2D eigenvalue weighted by molar-refractivity contribution is 7.98. The number of carboxylic acids is 1. The highest BCUT2D eigenvalue weighted by atomic mass is 32.2. The molecule has 0 aromatic rings. The number of hydrogen-bond acceptors (Lipinski definition) is 8. The van der Waals surface area contributed by atoms with Gasteiger partial charge in [-0.1, -0.05) is 0 Å². The van der Waals surface area contributed by atoms with Crippen molar-refractivity contribution in [3.63, 3.8) is 0 Å². The van der Waals surface area contributed by atoms with Crippen LogP contribution < -0.4 is 33.2 Å². The van der Waals surface area contributed by atoms with Gasteiger partial charge in [0.05, 0.1) is 19.0 Å². The Bertz CT molecular complexity index is 605. The van der Waals surface area contributed by atoms with Gasteiger partial charge in [-0.2, -0.15) is 11.8 Å². The van der Waals surface area contributed by atoms with Gasteiger partial charge in [-0.05, 0) is 44.2 Å². The van der Waals surface area contributed by atoms with E-state index in [2.05, 4.69) is 16.0 Å². The van der Waals surface area contributed by atoms with Crippen LogP contribution in [0.15, 0.2) is 0 Å². The molecular weight excluding hydrogens is 416 g/mol. The van der Waals surface area contributed by atoms with Crippen molar-refractivity contribution in [1.29, 1.82) is 0 Å². The summed E-state index contributed by atoms with van der Waals surface area (Å²) in [7, 11) is 0. The molecule has 0 heterocycles. The lowest BCUT2D eigenvalue weighted by Gasteiger charge is -2.20. The Morgan fingerprint density at radius 1 is 1.00 bits per heavy atom. The second-order valence-electron chi connectivity index (χ2n) is 6.58. The van der Waals surface area contributed by atoms with Crippen LogP contribution in [0.5, 0.6) is 0 Å². The molecule has 10 N–H and O–H groups in total. The number of primary amides is 1. The number of rotatable bonds is 16. The largest absolute Gasteiger partial charge is 0.480 e. The summed E-state index contributed by atoms with van der Waals surface area (Å²) in [5, 5.41) is 16.3. The van der Waals surface area contributed by atoms with Crippen LogP contribution in [0.3, 0.4) is 0 Å². The van der Waals surface area contributed by atoms with Crippen LogP contribution in [0, 0.1) is 0 Å².